The monoisotopic (exact) mass is 497 g/mol. The van der Waals surface area contributed by atoms with E-state index in [1.807, 2.05) is 60.7 Å². The number of carbonyl (C=O) groups is 1. The van der Waals surface area contributed by atoms with Crippen molar-refractivity contribution in [3.63, 3.8) is 0 Å². The molecule has 0 aliphatic rings. The SMILES string of the molecule is O=C(Cn1cc(CSc2nnc(-c3ccccc3)c(-c3ccccc3)n2)nn1)Nc1ccc(F)cc1. The van der Waals surface area contributed by atoms with Crippen LogP contribution in [0.3, 0.4) is 0 Å². The van der Waals surface area contributed by atoms with Gasteiger partial charge in [0.1, 0.15) is 23.7 Å². The van der Waals surface area contributed by atoms with Crippen LogP contribution in [0.1, 0.15) is 5.69 Å². The Balaban J connectivity index is 1.26. The Bertz CT molecular complexity index is 1460. The fourth-order valence-electron chi connectivity index (χ4n) is 3.46. The molecule has 0 saturated heterocycles. The van der Waals surface area contributed by atoms with Crippen molar-refractivity contribution in [3.8, 4) is 22.5 Å². The average Bonchev–Trinajstić information content (AvgIpc) is 3.36. The van der Waals surface area contributed by atoms with E-state index in [9.17, 15) is 9.18 Å². The number of nitrogens with zero attached hydrogens (tertiary/aromatic N) is 6. The van der Waals surface area contributed by atoms with Gasteiger partial charge in [0.2, 0.25) is 11.1 Å². The number of hydrogen-bond acceptors (Lipinski definition) is 7. The van der Waals surface area contributed by atoms with Gasteiger partial charge in [-0.25, -0.2) is 14.1 Å². The summed E-state index contributed by atoms with van der Waals surface area (Å²) in [6.45, 7) is -0.0168. The minimum Gasteiger partial charge on any atom is -0.324 e. The van der Waals surface area contributed by atoms with Crippen LogP contribution in [0, 0.1) is 5.82 Å². The van der Waals surface area contributed by atoms with Crippen LogP contribution in [-0.4, -0.2) is 36.1 Å². The molecular formula is C26H20FN7OS. The van der Waals surface area contributed by atoms with Crippen LogP contribution in [0.4, 0.5) is 10.1 Å². The molecule has 0 aliphatic heterocycles. The van der Waals surface area contributed by atoms with E-state index in [0.29, 0.717) is 28.0 Å². The van der Waals surface area contributed by atoms with E-state index >= 15 is 0 Å². The molecule has 5 aromatic rings. The van der Waals surface area contributed by atoms with E-state index in [-0.39, 0.29) is 18.3 Å². The molecule has 0 aliphatic carbocycles. The maximum absolute atomic E-state index is 13.0. The van der Waals surface area contributed by atoms with E-state index in [1.165, 1.54) is 40.7 Å². The van der Waals surface area contributed by atoms with Gasteiger partial charge in [0.15, 0.2) is 0 Å². The number of hydrogen-bond donors (Lipinski definition) is 1. The molecular weight excluding hydrogens is 477 g/mol. The normalized spacial score (nSPS) is 10.8. The van der Waals surface area contributed by atoms with Gasteiger partial charge >= 0.3 is 0 Å². The van der Waals surface area contributed by atoms with Crippen LogP contribution >= 0.6 is 11.8 Å². The lowest BCUT2D eigenvalue weighted by molar-refractivity contribution is -0.116. The molecule has 0 bridgehead atoms. The number of rotatable bonds is 8. The second kappa shape index (κ2) is 10.9. The van der Waals surface area contributed by atoms with Crippen molar-refractivity contribution >= 4 is 23.4 Å². The highest BCUT2D eigenvalue weighted by Gasteiger charge is 2.14. The summed E-state index contributed by atoms with van der Waals surface area (Å²) in [6.07, 6.45) is 1.70. The first-order valence-electron chi connectivity index (χ1n) is 11.1. The lowest BCUT2D eigenvalue weighted by Crippen LogP contribution is -2.19. The third kappa shape index (κ3) is 5.78. The van der Waals surface area contributed by atoms with Crippen molar-refractivity contribution in [2.45, 2.75) is 17.5 Å². The van der Waals surface area contributed by atoms with E-state index in [1.54, 1.807) is 6.20 Å². The van der Waals surface area contributed by atoms with Crippen molar-refractivity contribution in [2.75, 3.05) is 5.32 Å². The maximum Gasteiger partial charge on any atom is 0.246 e. The fourth-order valence-corrected chi connectivity index (χ4v) is 4.12. The highest BCUT2D eigenvalue weighted by Crippen LogP contribution is 2.30. The van der Waals surface area contributed by atoms with Gasteiger partial charge in [-0.1, -0.05) is 77.6 Å². The average molecular weight is 498 g/mol. The molecule has 5 rings (SSSR count). The Morgan fingerprint density at radius 2 is 1.50 bits per heavy atom. The minimum atomic E-state index is -0.365. The van der Waals surface area contributed by atoms with E-state index < -0.39 is 0 Å². The number of amides is 1. The predicted octanol–water partition coefficient (Wildman–Crippen LogP) is 4.87. The Hall–Kier alpha value is -4.44. The van der Waals surface area contributed by atoms with Gasteiger partial charge in [0.25, 0.3) is 0 Å². The molecule has 0 fully saturated rings. The van der Waals surface area contributed by atoms with Gasteiger partial charge in [-0.2, -0.15) is 0 Å². The molecule has 0 saturated carbocycles. The number of anilines is 1. The molecule has 3 aromatic carbocycles. The van der Waals surface area contributed by atoms with Crippen LogP contribution in [-0.2, 0) is 17.1 Å². The number of benzene rings is 3. The largest absolute Gasteiger partial charge is 0.324 e. The second-order valence-electron chi connectivity index (χ2n) is 7.77. The number of carbonyl (C=O) groups excluding carboxylic acids is 1. The molecule has 0 unspecified atom stereocenters. The molecule has 1 amide bonds. The summed E-state index contributed by atoms with van der Waals surface area (Å²) in [4.78, 5) is 17.0. The first-order valence-corrected chi connectivity index (χ1v) is 12.1. The van der Waals surface area contributed by atoms with E-state index in [0.717, 1.165) is 16.8 Å². The fraction of sp³-hybridized carbons (Fsp3) is 0.0769. The van der Waals surface area contributed by atoms with E-state index in [4.69, 9.17) is 4.98 Å². The predicted molar refractivity (Wildman–Crippen MR) is 135 cm³/mol. The van der Waals surface area contributed by atoms with E-state index in [2.05, 4.69) is 25.8 Å². The van der Waals surface area contributed by atoms with Crippen molar-refractivity contribution in [3.05, 3.63) is 103 Å². The van der Waals surface area contributed by atoms with Crippen LogP contribution in [0.15, 0.2) is 96.3 Å². The summed E-state index contributed by atoms with van der Waals surface area (Å²) < 4.78 is 14.5. The van der Waals surface area contributed by atoms with Gasteiger partial charge in [-0.05, 0) is 24.3 Å². The summed E-state index contributed by atoms with van der Waals surface area (Å²) in [5, 5.41) is 20.2. The van der Waals surface area contributed by atoms with Crippen LogP contribution in [0.25, 0.3) is 22.5 Å². The van der Waals surface area contributed by atoms with Gasteiger partial charge in [-0.15, -0.1) is 15.3 Å². The molecule has 2 heterocycles. The molecule has 8 nitrogen and oxygen atoms in total. The number of thioether (sulfide) groups is 1. The third-order valence-corrected chi connectivity index (χ3v) is 6.00. The summed E-state index contributed by atoms with van der Waals surface area (Å²) in [5.41, 5.74) is 4.53. The van der Waals surface area contributed by atoms with Crippen LogP contribution in [0.2, 0.25) is 0 Å². The summed E-state index contributed by atoms with van der Waals surface area (Å²) in [6, 6.07) is 25.3. The molecule has 10 heteroatoms. The zero-order valence-electron chi connectivity index (χ0n) is 19.0. The molecule has 0 atom stereocenters. The van der Waals surface area contributed by atoms with Gasteiger partial charge in [0.05, 0.1) is 5.69 Å². The summed E-state index contributed by atoms with van der Waals surface area (Å²) >= 11 is 1.39. The van der Waals surface area contributed by atoms with Crippen molar-refractivity contribution in [2.24, 2.45) is 0 Å². The highest BCUT2D eigenvalue weighted by molar-refractivity contribution is 7.98. The highest BCUT2D eigenvalue weighted by atomic mass is 32.2. The molecule has 0 radical (unpaired) electrons. The number of aromatic nitrogens is 6. The summed E-state index contributed by atoms with van der Waals surface area (Å²) in [7, 11) is 0. The molecule has 0 spiro atoms. The Morgan fingerprint density at radius 1 is 0.833 bits per heavy atom. The molecule has 178 valence electrons. The standard InChI is InChI=1S/C26H20FN7OS/c27-20-11-13-21(14-12-20)28-23(35)16-34-15-22(30-33-34)17-36-26-29-24(18-7-3-1-4-8-18)25(31-32-26)19-9-5-2-6-10-19/h1-15H,16-17H2,(H,28,35). The van der Waals surface area contributed by atoms with Crippen molar-refractivity contribution in [1.29, 1.82) is 0 Å². The Morgan fingerprint density at radius 3 is 2.19 bits per heavy atom. The zero-order valence-corrected chi connectivity index (χ0v) is 19.8. The first-order chi connectivity index (χ1) is 17.6. The molecule has 1 N–H and O–H groups in total. The smallest absolute Gasteiger partial charge is 0.246 e. The first kappa shape index (κ1) is 23.3. The van der Waals surface area contributed by atoms with Crippen molar-refractivity contribution < 1.29 is 9.18 Å². The van der Waals surface area contributed by atoms with Crippen molar-refractivity contribution in [1.82, 2.24) is 30.2 Å². The molecule has 2 aromatic heterocycles. The van der Waals surface area contributed by atoms with Gasteiger partial charge in [-0.3, -0.25) is 4.79 Å². The third-order valence-electron chi connectivity index (χ3n) is 5.13. The minimum absolute atomic E-state index is 0.0168. The van der Waals surface area contributed by atoms with Crippen LogP contribution in [0.5, 0.6) is 0 Å². The number of nitrogens with one attached hydrogen (secondary N) is 1. The lowest BCUT2D eigenvalue weighted by Gasteiger charge is -2.09. The maximum atomic E-state index is 13.0. The molecule has 36 heavy (non-hydrogen) atoms. The number of halogens is 1. The van der Waals surface area contributed by atoms with Gasteiger partial charge < -0.3 is 5.32 Å². The summed E-state index contributed by atoms with van der Waals surface area (Å²) in [5.74, 6) is -0.196. The second-order valence-corrected chi connectivity index (χ2v) is 8.72. The quantitative estimate of drug-likeness (QED) is 0.306. The Kier molecular flexibility index (Phi) is 7.04. The zero-order chi connectivity index (χ0) is 24.7. The topological polar surface area (TPSA) is 98.5 Å². The van der Waals surface area contributed by atoms with Crippen LogP contribution < -0.4 is 5.32 Å². The van der Waals surface area contributed by atoms with Gasteiger partial charge in [0, 0.05) is 28.8 Å². The lowest BCUT2D eigenvalue weighted by atomic mass is 10.0. The Labute approximate surface area is 210 Å².